The van der Waals surface area contributed by atoms with Gasteiger partial charge in [0, 0.05) is 30.5 Å². The maximum absolute atomic E-state index is 12.9. The van der Waals surface area contributed by atoms with Crippen LogP contribution in [0.4, 0.5) is 0 Å². The summed E-state index contributed by atoms with van der Waals surface area (Å²) in [6, 6.07) is 9.67. The molecule has 1 amide bonds. The Morgan fingerprint density at radius 1 is 1.12 bits per heavy atom. The number of benzene rings is 1. The van der Waals surface area contributed by atoms with Crippen molar-refractivity contribution in [3.63, 3.8) is 0 Å². The highest BCUT2D eigenvalue weighted by molar-refractivity contribution is 5.93. The summed E-state index contributed by atoms with van der Waals surface area (Å²) in [5.41, 5.74) is 1.53. The predicted octanol–water partition coefficient (Wildman–Crippen LogP) is 2.68. The molecule has 122 valence electrons. The minimum atomic E-state index is -0.0593. The van der Waals surface area contributed by atoms with Crippen molar-refractivity contribution in [2.45, 2.75) is 19.1 Å². The third-order valence-electron chi connectivity index (χ3n) is 5.36. The van der Waals surface area contributed by atoms with Gasteiger partial charge in [0.1, 0.15) is 0 Å². The molecule has 5 nitrogen and oxygen atoms in total. The topological polar surface area (TPSA) is 55.6 Å². The van der Waals surface area contributed by atoms with Crippen molar-refractivity contribution in [3.8, 4) is 11.5 Å². The van der Waals surface area contributed by atoms with Crippen LogP contribution in [-0.4, -0.2) is 41.1 Å². The molecule has 24 heavy (non-hydrogen) atoms. The van der Waals surface area contributed by atoms with Crippen LogP contribution in [0.1, 0.15) is 16.2 Å². The van der Waals surface area contributed by atoms with Gasteiger partial charge in [-0.1, -0.05) is 30.4 Å². The lowest BCUT2D eigenvalue weighted by Crippen LogP contribution is -2.31. The van der Waals surface area contributed by atoms with E-state index in [-0.39, 0.29) is 18.1 Å². The van der Waals surface area contributed by atoms with Gasteiger partial charge in [0.15, 0.2) is 0 Å². The quantitative estimate of drug-likeness (QED) is 0.798. The second-order valence-corrected chi connectivity index (χ2v) is 6.79. The number of carbonyl (C=O) groups is 1. The number of hydrogen-bond donors (Lipinski definition) is 0. The highest BCUT2D eigenvalue weighted by Crippen LogP contribution is 2.43. The molecule has 4 heterocycles. The van der Waals surface area contributed by atoms with E-state index in [9.17, 15) is 4.79 Å². The predicted molar refractivity (Wildman–Crippen MR) is 87.4 cm³/mol. The molecular weight excluding hydrogens is 304 g/mol. The fourth-order valence-corrected chi connectivity index (χ4v) is 4.14. The number of likely N-dealkylation sites (tertiary alicyclic amines) is 1. The number of nitrogens with zero attached hydrogens (tertiary/aromatic N) is 2. The monoisotopic (exact) mass is 322 g/mol. The van der Waals surface area contributed by atoms with Gasteiger partial charge in [-0.15, -0.1) is 0 Å². The van der Waals surface area contributed by atoms with Gasteiger partial charge in [-0.3, -0.25) is 4.79 Å². The van der Waals surface area contributed by atoms with Crippen LogP contribution < -0.4 is 0 Å². The number of rotatable bonds is 2. The molecule has 4 unspecified atom stereocenters. The summed E-state index contributed by atoms with van der Waals surface area (Å²) in [7, 11) is 0. The average Bonchev–Trinajstić information content (AvgIpc) is 3.36. The lowest BCUT2D eigenvalue weighted by atomic mass is 9.86. The van der Waals surface area contributed by atoms with Gasteiger partial charge < -0.3 is 14.1 Å². The number of fused-ring (bicyclic) bond motifs is 5. The van der Waals surface area contributed by atoms with Gasteiger partial charge in [0.05, 0.1) is 17.9 Å². The van der Waals surface area contributed by atoms with E-state index in [0.29, 0.717) is 29.2 Å². The lowest BCUT2D eigenvalue weighted by molar-refractivity contribution is 0.0632. The zero-order valence-electron chi connectivity index (χ0n) is 13.4. The molecule has 5 heteroatoms. The summed E-state index contributed by atoms with van der Waals surface area (Å²) in [5, 5.41) is 0. The van der Waals surface area contributed by atoms with Crippen LogP contribution in [0, 0.1) is 18.8 Å². The molecule has 3 aliphatic rings. The first-order valence-electron chi connectivity index (χ1n) is 8.36. The summed E-state index contributed by atoms with van der Waals surface area (Å²) in [6.07, 6.45) is 4.61. The van der Waals surface area contributed by atoms with E-state index >= 15 is 0 Å². The number of oxazole rings is 1. The molecule has 0 saturated carbocycles. The maximum Gasteiger partial charge on any atom is 0.291 e. The fraction of sp³-hybridized carbons (Fsp3) is 0.368. The van der Waals surface area contributed by atoms with E-state index in [2.05, 4.69) is 17.1 Å². The molecule has 1 aromatic heterocycles. The Kier molecular flexibility index (Phi) is 2.94. The standard InChI is InChI=1S/C19H18N2O3/c1-11-17(24-18(20-11)12-5-3-2-4-6-12)19(22)21-9-13-14(10-21)16-8-7-15(13)23-16/h2-8,13-16H,9-10H2,1H3. The van der Waals surface area contributed by atoms with E-state index in [0.717, 1.165) is 18.7 Å². The number of amides is 1. The van der Waals surface area contributed by atoms with Crippen molar-refractivity contribution in [1.82, 2.24) is 9.88 Å². The largest absolute Gasteiger partial charge is 0.431 e. The van der Waals surface area contributed by atoms with E-state index in [1.807, 2.05) is 42.2 Å². The number of hydrogen-bond acceptors (Lipinski definition) is 4. The van der Waals surface area contributed by atoms with Gasteiger partial charge in [-0.25, -0.2) is 4.98 Å². The van der Waals surface area contributed by atoms with Crippen molar-refractivity contribution in [1.29, 1.82) is 0 Å². The molecular formula is C19H18N2O3. The summed E-state index contributed by atoms with van der Waals surface area (Å²) in [4.78, 5) is 19.2. The molecule has 4 atom stereocenters. The van der Waals surface area contributed by atoms with E-state index in [1.54, 1.807) is 0 Å². The molecule has 0 radical (unpaired) electrons. The zero-order valence-corrected chi connectivity index (χ0v) is 13.4. The molecule has 0 N–H and O–H groups in total. The van der Waals surface area contributed by atoms with Crippen molar-refractivity contribution in [2.24, 2.45) is 11.8 Å². The Morgan fingerprint density at radius 2 is 1.79 bits per heavy atom. The Morgan fingerprint density at radius 3 is 2.46 bits per heavy atom. The van der Waals surface area contributed by atoms with Gasteiger partial charge in [-0.2, -0.15) is 0 Å². The highest BCUT2D eigenvalue weighted by Gasteiger charge is 2.51. The van der Waals surface area contributed by atoms with Gasteiger partial charge in [0.2, 0.25) is 11.7 Å². The van der Waals surface area contributed by atoms with Gasteiger partial charge in [-0.05, 0) is 19.1 Å². The number of aromatic nitrogens is 1. The van der Waals surface area contributed by atoms with Crippen molar-refractivity contribution >= 4 is 5.91 Å². The van der Waals surface area contributed by atoms with Crippen LogP contribution in [0.2, 0.25) is 0 Å². The first-order chi connectivity index (χ1) is 11.7. The Hall–Kier alpha value is -2.40. The Balaban J connectivity index is 1.40. The number of ether oxygens (including phenoxy) is 1. The Labute approximate surface area is 139 Å². The SMILES string of the molecule is Cc1nc(-c2ccccc2)oc1C(=O)N1CC2C3C=CC(O3)C2C1. The maximum atomic E-state index is 12.9. The van der Waals surface area contributed by atoms with E-state index in [4.69, 9.17) is 9.15 Å². The van der Waals surface area contributed by atoms with Crippen molar-refractivity contribution in [2.75, 3.05) is 13.1 Å². The van der Waals surface area contributed by atoms with Crippen LogP contribution in [0.25, 0.3) is 11.5 Å². The normalized spacial score (nSPS) is 30.1. The van der Waals surface area contributed by atoms with E-state index < -0.39 is 0 Å². The minimum Gasteiger partial charge on any atom is -0.431 e. The average molecular weight is 322 g/mol. The van der Waals surface area contributed by atoms with Crippen LogP contribution in [0.5, 0.6) is 0 Å². The molecule has 1 aromatic carbocycles. The third-order valence-corrected chi connectivity index (χ3v) is 5.36. The first kappa shape index (κ1) is 14.0. The summed E-state index contributed by atoms with van der Waals surface area (Å²) < 4.78 is 11.7. The van der Waals surface area contributed by atoms with Crippen LogP contribution >= 0.6 is 0 Å². The highest BCUT2D eigenvalue weighted by atomic mass is 16.5. The van der Waals surface area contributed by atoms with E-state index in [1.165, 1.54) is 0 Å². The first-order valence-corrected chi connectivity index (χ1v) is 8.36. The van der Waals surface area contributed by atoms with Crippen molar-refractivity contribution < 1.29 is 13.9 Å². The van der Waals surface area contributed by atoms with Gasteiger partial charge >= 0.3 is 0 Å². The summed E-state index contributed by atoms with van der Waals surface area (Å²) in [6.45, 7) is 3.29. The fourth-order valence-electron chi connectivity index (χ4n) is 4.14. The molecule has 2 bridgehead atoms. The zero-order chi connectivity index (χ0) is 16.3. The molecule has 3 aliphatic heterocycles. The van der Waals surface area contributed by atoms with Crippen LogP contribution in [-0.2, 0) is 4.74 Å². The van der Waals surface area contributed by atoms with Crippen LogP contribution in [0.3, 0.4) is 0 Å². The number of carbonyl (C=O) groups excluding carboxylic acids is 1. The van der Waals surface area contributed by atoms with Crippen molar-refractivity contribution in [3.05, 3.63) is 53.9 Å². The smallest absolute Gasteiger partial charge is 0.291 e. The minimum absolute atomic E-state index is 0.0593. The van der Waals surface area contributed by atoms with Crippen LogP contribution in [0.15, 0.2) is 46.9 Å². The Bertz CT molecular complexity index is 806. The molecule has 2 saturated heterocycles. The second-order valence-electron chi connectivity index (χ2n) is 6.79. The molecule has 2 fully saturated rings. The molecule has 5 rings (SSSR count). The number of aryl methyl sites for hydroxylation is 1. The van der Waals surface area contributed by atoms with Gasteiger partial charge in [0.25, 0.3) is 5.91 Å². The summed E-state index contributed by atoms with van der Waals surface area (Å²) >= 11 is 0. The molecule has 0 spiro atoms. The second kappa shape index (κ2) is 5.05. The molecule has 2 aromatic rings. The molecule has 0 aliphatic carbocycles. The summed E-state index contributed by atoms with van der Waals surface area (Å²) in [5.74, 6) is 1.63. The third kappa shape index (κ3) is 1.97. The lowest BCUT2D eigenvalue weighted by Gasteiger charge is -2.17.